The summed E-state index contributed by atoms with van der Waals surface area (Å²) < 4.78 is 1.91. The summed E-state index contributed by atoms with van der Waals surface area (Å²) in [6, 6.07) is 0. The standard InChI is InChI=1S/C18H30N4O/c1-3-4-10-22-11-9-14(13-22)12-19-18(23)17-15-7-5-6-8-16(15)21(2)20-17/h14H,3-13H2,1-2H3,(H,19,23)/t14-/m1/s1. The van der Waals surface area contributed by atoms with E-state index in [2.05, 4.69) is 22.2 Å². The highest BCUT2D eigenvalue weighted by atomic mass is 16.1. The van der Waals surface area contributed by atoms with E-state index >= 15 is 0 Å². The van der Waals surface area contributed by atoms with Gasteiger partial charge in [0.25, 0.3) is 5.91 Å². The monoisotopic (exact) mass is 318 g/mol. The Kier molecular flexibility index (Phi) is 5.36. The van der Waals surface area contributed by atoms with Gasteiger partial charge in [-0.15, -0.1) is 0 Å². The molecule has 0 spiro atoms. The number of rotatable bonds is 6. The molecule has 1 atom stereocenters. The normalized spacial score (nSPS) is 21.4. The fourth-order valence-corrected chi connectivity index (χ4v) is 3.94. The number of hydrogen-bond donors (Lipinski definition) is 1. The van der Waals surface area contributed by atoms with Gasteiger partial charge in [-0.05, 0) is 57.5 Å². The van der Waals surface area contributed by atoms with Crippen LogP contribution in [0.15, 0.2) is 0 Å². The Morgan fingerprint density at radius 1 is 1.35 bits per heavy atom. The van der Waals surface area contributed by atoms with E-state index in [-0.39, 0.29) is 5.91 Å². The lowest BCUT2D eigenvalue weighted by Crippen LogP contribution is -2.32. The average molecular weight is 318 g/mol. The number of aromatic nitrogens is 2. The molecular weight excluding hydrogens is 288 g/mol. The van der Waals surface area contributed by atoms with Crippen LogP contribution in [0, 0.1) is 5.92 Å². The van der Waals surface area contributed by atoms with Crippen molar-refractivity contribution in [3.8, 4) is 0 Å². The van der Waals surface area contributed by atoms with E-state index in [0.29, 0.717) is 11.6 Å². The number of nitrogens with one attached hydrogen (secondary N) is 1. The van der Waals surface area contributed by atoms with Crippen LogP contribution in [0.25, 0.3) is 0 Å². The Bertz CT molecular complexity index is 551. The topological polar surface area (TPSA) is 50.2 Å². The highest BCUT2D eigenvalue weighted by molar-refractivity contribution is 5.94. The third-order valence-corrected chi connectivity index (χ3v) is 5.33. The molecule has 23 heavy (non-hydrogen) atoms. The third kappa shape index (κ3) is 3.77. The molecule has 2 heterocycles. The van der Waals surface area contributed by atoms with Crippen molar-refractivity contribution in [2.45, 2.75) is 51.9 Å². The minimum Gasteiger partial charge on any atom is -0.350 e. The van der Waals surface area contributed by atoms with Crippen LogP contribution in [-0.4, -0.2) is 46.8 Å². The summed E-state index contributed by atoms with van der Waals surface area (Å²) in [6.07, 6.45) is 8.17. The Balaban J connectivity index is 1.52. The molecule has 1 saturated heterocycles. The zero-order chi connectivity index (χ0) is 16.2. The van der Waals surface area contributed by atoms with E-state index in [9.17, 15) is 4.79 Å². The molecule has 2 aliphatic rings. The zero-order valence-corrected chi connectivity index (χ0v) is 14.6. The summed E-state index contributed by atoms with van der Waals surface area (Å²) in [4.78, 5) is 15.1. The molecule has 5 nitrogen and oxygen atoms in total. The lowest BCUT2D eigenvalue weighted by molar-refractivity contribution is 0.0940. The first kappa shape index (κ1) is 16.5. The Labute approximate surface area is 139 Å². The summed E-state index contributed by atoms with van der Waals surface area (Å²) in [5.41, 5.74) is 3.11. The molecule has 1 aliphatic carbocycles. The SMILES string of the molecule is CCCCN1CC[C@H](CNC(=O)c2nn(C)c3c2CCCC3)C1. The first-order valence-corrected chi connectivity index (χ1v) is 9.24. The van der Waals surface area contributed by atoms with Crippen molar-refractivity contribution in [3.05, 3.63) is 17.0 Å². The smallest absolute Gasteiger partial charge is 0.272 e. The molecule has 0 bridgehead atoms. The number of fused-ring (bicyclic) bond motifs is 1. The number of amides is 1. The molecule has 1 amide bonds. The molecule has 0 radical (unpaired) electrons. The van der Waals surface area contributed by atoms with Crippen LogP contribution >= 0.6 is 0 Å². The van der Waals surface area contributed by atoms with Crippen LogP contribution in [0.5, 0.6) is 0 Å². The van der Waals surface area contributed by atoms with Gasteiger partial charge in [-0.1, -0.05) is 13.3 Å². The van der Waals surface area contributed by atoms with Gasteiger partial charge in [0.1, 0.15) is 0 Å². The summed E-state index contributed by atoms with van der Waals surface area (Å²) in [6.45, 7) is 6.53. The molecule has 1 aliphatic heterocycles. The molecule has 5 heteroatoms. The Morgan fingerprint density at radius 3 is 3.00 bits per heavy atom. The van der Waals surface area contributed by atoms with Crippen molar-refractivity contribution in [2.75, 3.05) is 26.2 Å². The van der Waals surface area contributed by atoms with Gasteiger partial charge in [0.2, 0.25) is 0 Å². The van der Waals surface area contributed by atoms with Crippen molar-refractivity contribution >= 4 is 5.91 Å². The summed E-state index contributed by atoms with van der Waals surface area (Å²) in [7, 11) is 1.96. The highest BCUT2D eigenvalue weighted by Gasteiger charge is 2.26. The maximum atomic E-state index is 12.5. The average Bonchev–Trinajstić information content (AvgIpc) is 3.16. The second-order valence-electron chi connectivity index (χ2n) is 7.12. The van der Waals surface area contributed by atoms with Crippen molar-refractivity contribution in [1.82, 2.24) is 20.0 Å². The van der Waals surface area contributed by atoms with E-state index in [1.165, 1.54) is 56.5 Å². The summed E-state index contributed by atoms with van der Waals surface area (Å²) in [5, 5.41) is 7.63. The van der Waals surface area contributed by atoms with Crippen LogP contribution in [-0.2, 0) is 19.9 Å². The van der Waals surface area contributed by atoms with Gasteiger partial charge < -0.3 is 10.2 Å². The summed E-state index contributed by atoms with van der Waals surface area (Å²) >= 11 is 0. The molecular formula is C18H30N4O. The quantitative estimate of drug-likeness (QED) is 0.874. The molecule has 0 saturated carbocycles. The number of aryl methyl sites for hydroxylation is 1. The van der Waals surface area contributed by atoms with Crippen LogP contribution in [0.2, 0.25) is 0 Å². The molecule has 1 N–H and O–H groups in total. The first-order chi connectivity index (χ1) is 11.2. The van der Waals surface area contributed by atoms with Crippen molar-refractivity contribution in [2.24, 2.45) is 13.0 Å². The number of hydrogen-bond acceptors (Lipinski definition) is 3. The first-order valence-electron chi connectivity index (χ1n) is 9.24. The second kappa shape index (κ2) is 7.47. The lowest BCUT2D eigenvalue weighted by Gasteiger charge is -2.16. The number of carbonyl (C=O) groups excluding carboxylic acids is 1. The molecule has 1 aromatic rings. The number of nitrogens with zero attached hydrogens (tertiary/aromatic N) is 3. The molecule has 0 aromatic carbocycles. The van der Waals surface area contributed by atoms with Gasteiger partial charge in [0.05, 0.1) is 0 Å². The predicted molar refractivity (Wildman–Crippen MR) is 91.6 cm³/mol. The van der Waals surface area contributed by atoms with E-state index < -0.39 is 0 Å². The number of unbranched alkanes of at least 4 members (excludes halogenated alkanes) is 1. The molecule has 3 rings (SSSR count). The van der Waals surface area contributed by atoms with E-state index in [1.54, 1.807) is 0 Å². The fourth-order valence-electron chi connectivity index (χ4n) is 3.94. The minimum absolute atomic E-state index is 0.0239. The van der Waals surface area contributed by atoms with Gasteiger partial charge in [0.15, 0.2) is 5.69 Å². The highest BCUT2D eigenvalue weighted by Crippen LogP contribution is 2.24. The maximum absolute atomic E-state index is 12.5. The van der Waals surface area contributed by atoms with Crippen molar-refractivity contribution in [3.63, 3.8) is 0 Å². The van der Waals surface area contributed by atoms with Gasteiger partial charge in [-0.3, -0.25) is 9.48 Å². The van der Waals surface area contributed by atoms with Gasteiger partial charge in [-0.2, -0.15) is 5.10 Å². The Hall–Kier alpha value is -1.36. The van der Waals surface area contributed by atoms with Crippen molar-refractivity contribution in [1.29, 1.82) is 0 Å². The lowest BCUT2D eigenvalue weighted by atomic mass is 9.95. The Morgan fingerprint density at radius 2 is 2.17 bits per heavy atom. The number of carbonyl (C=O) groups is 1. The van der Waals surface area contributed by atoms with Gasteiger partial charge in [0, 0.05) is 31.4 Å². The van der Waals surface area contributed by atoms with E-state index in [1.807, 2.05) is 11.7 Å². The van der Waals surface area contributed by atoms with E-state index in [4.69, 9.17) is 0 Å². The second-order valence-corrected chi connectivity index (χ2v) is 7.12. The predicted octanol–water partition coefficient (Wildman–Crippen LogP) is 2.15. The van der Waals surface area contributed by atoms with Crippen LogP contribution in [0.4, 0.5) is 0 Å². The largest absolute Gasteiger partial charge is 0.350 e. The maximum Gasteiger partial charge on any atom is 0.272 e. The van der Waals surface area contributed by atoms with Crippen molar-refractivity contribution < 1.29 is 4.79 Å². The molecule has 1 fully saturated rings. The van der Waals surface area contributed by atoms with Crippen LogP contribution in [0.1, 0.15) is 60.8 Å². The fraction of sp³-hybridized carbons (Fsp3) is 0.778. The molecule has 128 valence electrons. The van der Waals surface area contributed by atoms with Crippen LogP contribution < -0.4 is 5.32 Å². The molecule has 1 aromatic heterocycles. The van der Waals surface area contributed by atoms with Gasteiger partial charge >= 0.3 is 0 Å². The zero-order valence-electron chi connectivity index (χ0n) is 14.6. The van der Waals surface area contributed by atoms with Crippen LogP contribution in [0.3, 0.4) is 0 Å². The molecule has 0 unspecified atom stereocenters. The minimum atomic E-state index is 0.0239. The number of likely N-dealkylation sites (tertiary alicyclic amines) is 1. The van der Waals surface area contributed by atoms with Gasteiger partial charge in [-0.25, -0.2) is 0 Å². The van der Waals surface area contributed by atoms with E-state index in [0.717, 1.165) is 25.9 Å². The summed E-state index contributed by atoms with van der Waals surface area (Å²) in [5.74, 6) is 0.617. The third-order valence-electron chi connectivity index (χ3n) is 5.33.